The maximum absolute atomic E-state index is 13.0. The van der Waals surface area contributed by atoms with Crippen molar-refractivity contribution >= 4 is 17.5 Å². The van der Waals surface area contributed by atoms with Crippen LogP contribution in [0.3, 0.4) is 0 Å². The number of hydrogen-bond donors (Lipinski definition) is 1. The monoisotopic (exact) mass is 360 g/mol. The molecule has 0 unspecified atom stereocenters. The van der Waals surface area contributed by atoms with E-state index in [1.54, 1.807) is 12.1 Å². The number of nitrogens with one attached hydrogen (secondary N) is 1. The minimum absolute atomic E-state index is 0.00139. The first-order valence-corrected chi connectivity index (χ1v) is 8.97. The summed E-state index contributed by atoms with van der Waals surface area (Å²) in [4.78, 5) is 14.7. The zero-order valence-electron chi connectivity index (χ0n) is 14.1. The van der Waals surface area contributed by atoms with Crippen molar-refractivity contribution < 1.29 is 9.18 Å². The van der Waals surface area contributed by atoms with Crippen LogP contribution in [0.5, 0.6) is 0 Å². The smallest absolute Gasteiger partial charge is 0.224 e. The Bertz CT molecular complexity index is 703. The molecule has 1 heterocycles. The lowest BCUT2D eigenvalue weighted by molar-refractivity contribution is -0.126. The van der Waals surface area contributed by atoms with Gasteiger partial charge < -0.3 is 5.32 Å². The number of likely N-dealkylation sites (tertiary alicyclic amines) is 1. The van der Waals surface area contributed by atoms with Gasteiger partial charge >= 0.3 is 0 Å². The Morgan fingerprint density at radius 2 is 1.80 bits per heavy atom. The van der Waals surface area contributed by atoms with Crippen LogP contribution in [0.15, 0.2) is 48.5 Å². The van der Waals surface area contributed by atoms with E-state index in [4.69, 9.17) is 11.6 Å². The predicted molar refractivity (Wildman–Crippen MR) is 97.7 cm³/mol. The van der Waals surface area contributed by atoms with Gasteiger partial charge in [0.05, 0.1) is 5.92 Å². The van der Waals surface area contributed by atoms with E-state index < -0.39 is 0 Å². The molecule has 0 radical (unpaired) electrons. The number of nitrogens with zero attached hydrogens (tertiary/aromatic N) is 1. The van der Waals surface area contributed by atoms with Crippen LogP contribution in [0.25, 0.3) is 0 Å². The highest BCUT2D eigenvalue weighted by Gasteiger charge is 2.25. The standard InChI is InChI=1S/C20H22ClFN2O/c21-18-7-3-15(4-8-18)12-23-20(25)17-2-1-11-24(14-17)13-16-5-9-19(22)10-6-16/h3-10,17H,1-2,11-14H2,(H,23,25)/t17-/m0/s1. The van der Waals surface area contributed by atoms with E-state index >= 15 is 0 Å². The quantitative estimate of drug-likeness (QED) is 0.873. The van der Waals surface area contributed by atoms with Crippen LogP contribution >= 0.6 is 11.6 Å². The molecular formula is C20H22ClFN2O. The van der Waals surface area contributed by atoms with Crippen molar-refractivity contribution in [3.05, 3.63) is 70.5 Å². The number of carbonyl (C=O) groups excluding carboxylic acids is 1. The fourth-order valence-electron chi connectivity index (χ4n) is 3.20. The molecule has 1 aliphatic rings. The first-order chi connectivity index (χ1) is 12.1. The molecule has 3 rings (SSSR count). The number of rotatable bonds is 5. The molecule has 1 atom stereocenters. The maximum Gasteiger partial charge on any atom is 0.224 e. The van der Waals surface area contributed by atoms with E-state index in [9.17, 15) is 9.18 Å². The molecule has 0 bridgehead atoms. The first-order valence-electron chi connectivity index (χ1n) is 8.59. The molecule has 1 fully saturated rings. The summed E-state index contributed by atoms with van der Waals surface area (Å²) in [6.07, 6.45) is 1.91. The third kappa shape index (κ3) is 5.28. The molecular weight excluding hydrogens is 339 g/mol. The van der Waals surface area contributed by atoms with Crippen LogP contribution in [0.2, 0.25) is 5.02 Å². The van der Waals surface area contributed by atoms with Gasteiger partial charge in [-0.2, -0.15) is 0 Å². The van der Waals surface area contributed by atoms with Gasteiger partial charge in [-0.25, -0.2) is 4.39 Å². The molecule has 2 aromatic carbocycles. The summed E-state index contributed by atoms with van der Waals surface area (Å²) in [5.41, 5.74) is 2.11. The van der Waals surface area contributed by atoms with E-state index in [2.05, 4.69) is 10.2 Å². The van der Waals surface area contributed by atoms with Gasteiger partial charge in [0, 0.05) is 24.7 Å². The fourth-order valence-corrected chi connectivity index (χ4v) is 3.32. The van der Waals surface area contributed by atoms with Crippen molar-refractivity contribution in [2.75, 3.05) is 13.1 Å². The minimum Gasteiger partial charge on any atom is -0.352 e. The summed E-state index contributed by atoms with van der Waals surface area (Å²) < 4.78 is 13.0. The highest BCUT2D eigenvalue weighted by atomic mass is 35.5. The van der Waals surface area contributed by atoms with Gasteiger partial charge in [0.25, 0.3) is 0 Å². The van der Waals surface area contributed by atoms with Crippen LogP contribution in [0.1, 0.15) is 24.0 Å². The molecule has 0 spiro atoms. The number of piperidine rings is 1. The van der Waals surface area contributed by atoms with E-state index in [1.807, 2.05) is 24.3 Å². The molecule has 0 aromatic heterocycles. The Kier molecular flexibility index (Phi) is 6.05. The fraction of sp³-hybridized carbons (Fsp3) is 0.350. The molecule has 1 N–H and O–H groups in total. The van der Waals surface area contributed by atoms with Gasteiger partial charge in [0.1, 0.15) is 5.82 Å². The molecule has 3 nitrogen and oxygen atoms in total. The van der Waals surface area contributed by atoms with Crippen LogP contribution in [0.4, 0.5) is 4.39 Å². The molecule has 1 saturated heterocycles. The Hall–Kier alpha value is -1.91. The van der Waals surface area contributed by atoms with Crippen LogP contribution in [-0.2, 0) is 17.9 Å². The number of carbonyl (C=O) groups is 1. The molecule has 132 valence electrons. The molecule has 2 aromatic rings. The summed E-state index contributed by atoms with van der Waals surface area (Å²) >= 11 is 5.87. The lowest BCUT2D eigenvalue weighted by atomic mass is 9.96. The van der Waals surface area contributed by atoms with Gasteiger partial charge in [0.15, 0.2) is 0 Å². The zero-order valence-corrected chi connectivity index (χ0v) is 14.8. The van der Waals surface area contributed by atoms with Crippen molar-refractivity contribution in [3.8, 4) is 0 Å². The third-order valence-corrected chi connectivity index (χ3v) is 4.83. The second-order valence-electron chi connectivity index (χ2n) is 6.55. The minimum atomic E-state index is -0.221. The summed E-state index contributed by atoms with van der Waals surface area (Å²) in [7, 11) is 0. The predicted octanol–water partition coefficient (Wildman–Crippen LogP) is 4.01. The molecule has 5 heteroatoms. The molecule has 0 saturated carbocycles. The summed E-state index contributed by atoms with van der Waals surface area (Å²) in [5.74, 6) is -0.123. The van der Waals surface area contributed by atoms with Crippen molar-refractivity contribution in [1.29, 1.82) is 0 Å². The Morgan fingerprint density at radius 3 is 2.52 bits per heavy atom. The van der Waals surface area contributed by atoms with E-state index in [0.29, 0.717) is 11.6 Å². The van der Waals surface area contributed by atoms with Gasteiger partial charge in [-0.15, -0.1) is 0 Å². The van der Waals surface area contributed by atoms with Crippen molar-refractivity contribution in [2.45, 2.75) is 25.9 Å². The van der Waals surface area contributed by atoms with Gasteiger partial charge in [-0.3, -0.25) is 9.69 Å². The number of hydrogen-bond acceptors (Lipinski definition) is 2. The lowest BCUT2D eigenvalue weighted by Gasteiger charge is -2.32. The largest absolute Gasteiger partial charge is 0.352 e. The van der Waals surface area contributed by atoms with Crippen molar-refractivity contribution in [2.24, 2.45) is 5.92 Å². The van der Waals surface area contributed by atoms with Crippen LogP contribution in [0, 0.1) is 11.7 Å². The van der Waals surface area contributed by atoms with Crippen molar-refractivity contribution in [3.63, 3.8) is 0 Å². The SMILES string of the molecule is O=C(NCc1ccc(Cl)cc1)[C@H]1CCCN(Cc2ccc(F)cc2)C1. The second kappa shape index (κ2) is 8.45. The third-order valence-electron chi connectivity index (χ3n) is 4.58. The van der Waals surface area contributed by atoms with Crippen LogP contribution in [-0.4, -0.2) is 23.9 Å². The first kappa shape index (κ1) is 17.9. The van der Waals surface area contributed by atoms with Gasteiger partial charge in [0.2, 0.25) is 5.91 Å². The summed E-state index contributed by atoms with van der Waals surface area (Å²) in [5, 5.41) is 3.72. The Morgan fingerprint density at radius 1 is 1.12 bits per heavy atom. The Labute approximate surface area is 152 Å². The molecule has 1 aliphatic heterocycles. The van der Waals surface area contributed by atoms with E-state index in [0.717, 1.165) is 43.6 Å². The Balaban J connectivity index is 1.50. The van der Waals surface area contributed by atoms with E-state index in [1.165, 1.54) is 12.1 Å². The van der Waals surface area contributed by atoms with Gasteiger partial charge in [-0.05, 0) is 54.8 Å². The topological polar surface area (TPSA) is 32.3 Å². The normalized spacial score (nSPS) is 18.1. The molecule has 25 heavy (non-hydrogen) atoms. The van der Waals surface area contributed by atoms with E-state index in [-0.39, 0.29) is 17.6 Å². The zero-order chi connectivity index (χ0) is 17.6. The molecule has 1 amide bonds. The highest BCUT2D eigenvalue weighted by molar-refractivity contribution is 6.30. The second-order valence-corrected chi connectivity index (χ2v) is 6.98. The average Bonchev–Trinajstić information content (AvgIpc) is 2.63. The number of benzene rings is 2. The molecule has 0 aliphatic carbocycles. The van der Waals surface area contributed by atoms with Crippen LogP contribution < -0.4 is 5.32 Å². The van der Waals surface area contributed by atoms with Crippen molar-refractivity contribution in [1.82, 2.24) is 10.2 Å². The maximum atomic E-state index is 13.0. The summed E-state index contributed by atoms with van der Waals surface area (Å²) in [6.45, 7) is 2.98. The highest BCUT2D eigenvalue weighted by Crippen LogP contribution is 2.19. The van der Waals surface area contributed by atoms with Gasteiger partial charge in [-0.1, -0.05) is 35.9 Å². The average molecular weight is 361 g/mol. The lowest BCUT2D eigenvalue weighted by Crippen LogP contribution is -2.42. The number of halogens is 2. The number of amides is 1. The summed E-state index contributed by atoms with van der Waals surface area (Å²) in [6, 6.07) is 14.1.